The van der Waals surface area contributed by atoms with E-state index in [0.29, 0.717) is 24.4 Å². The van der Waals surface area contributed by atoms with Crippen LogP contribution in [0.4, 0.5) is 0 Å². The first kappa shape index (κ1) is 52.7. The number of likely N-dealkylation sites (tertiary alicyclic amines) is 1. The van der Waals surface area contributed by atoms with Gasteiger partial charge in [0.15, 0.2) is 30.1 Å². The molecule has 4 saturated heterocycles. The summed E-state index contributed by atoms with van der Waals surface area (Å²) in [6.07, 6.45) is -2.19. The van der Waals surface area contributed by atoms with E-state index in [9.17, 15) is 28.8 Å². The van der Waals surface area contributed by atoms with Gasteiger partial charge in [0, 0.05) is 24.0 Å². The van der Waals surface area contributed by atoms with E-state index in [-0.39, 0.29) is 37.1 Å². The standard InChI is InChI=1S/C53H70N6O13/c1-51(2,3)58-49(65)38-24-32-18-11-12-19-33(32)27-59(38)28-39(67-42(61)26-43(62)68-45-44(40-29-66-52(4,5)70-40)69-50-46(45)71-53(6,7)72-50)36(23-30-15-9-8-10-16-30)56-48(64)37(25-41(54)60)57-47(63)35-22-21-31-17-13-14-20-34(31)55-35/h8-10,13-17,20-22,32-33,36-40,44-46,50H,11-12,18-19,23-29H2,1-7H3,(H2,54,60)(H,56,64)(H,57,63)(H,58,65)/t32?,33?,36-,37-,38-,39+,40?,44+,45-,46-,50?/m0/s1. The van der Waals surface area contributed by atoms with E-state index in [2.05, 4.69) is 20.9 Å². The molecule has 4 amide bonds. The smallest absolute Gasteiger partial charge is 0.317 e. The number of carbonyl (C=O) groups is 6. The molecule has 19 nitrogen and oxygen atoms in total. The maximum absolute atomic E-state index is 14.6. The third-order valence-electron chi connectivity index (χ3n) is 13.9. The number of para-hydroxylation sites is 1. The van der Waals surface area contributed by atoms with E-state index in [4.69, 9.17) is 38.9 Å². The highest BCUT2D eigenvalue weighted by molar-refractivity contribution is 5.99. The lowest BCUT2D eigenvalue weighted by molar-refractivity contribution is -0.235. The summed E-state index contributed by atoms with van der Waals surface area (Å²) in [6.45, 7) is 13.3. The van der Waals surface area contributed by atoms with Gasteiger partial charge in [-0.25, -0.2) is 4.98 Å². The third-order valence-corrected chi connectivity index (χ3v) is 13.9. The number of carbonyl (C=O) groups excluding carboxylic acids is 6. The molecule has 2 aromatic carbocycles. The van der Waals surface area contributed by atoms with Crippen LogP contribution in [0.5, 0.6) is 0 Å². The third kappa shape index (κ3) is 13.3. The molecule has 5 aliphatic rings. The Hall–Kier alpha value is -5.57. The largest absolute Gasteiger partial charge is 0.458 e. The molecule has 4 aliphatic heterocycles. The van der Waals surface area contributed by atoms with Crippen molar-refractivity contribution in [3.8, 4) is 0 Å². The highest BCUT2D eigenvalue weighted by Crippen LogP contribution is 2.43. The van der Waals surface area contributed by atoms with Crippen LogP contribution in [0.3, 0.4) is 0 Å². The number of pyridine rings is 1. The molecule has 5 fully saturated rings. The second kappa shape index (κ2) is 21.9. The van der Waals surface area contributed by atoms with Gasteiger partial charge in [0.05, 0.1) is 30.6 Å². The Balaban J connectivity index is 1.08. The van der Waals surface area contributed by atoms with Crippen molar-refractivity contribution in [3.05, 3.63) is 78.0 Å². The van der Waals surface area contributed by atoms with Crippen LogP contribution in [0.2, 0.25) is 0 Å². The van der Waals surface area contributed by atoms with Crippen molar-refractivity contribution in [3.63, 3.8) is 0 Å². The van der Waals surface area contributed by atoms with Crippen LogP contribution < -0.4 is 21.7 Å². The first-order valence-electron chi connectivity index (χ1n) is 25.2. The molecule has 19 heteroatoms. The fourth-order valence-electron chi connectivity index (χ4n) is 10.7. The minimum absolute atomic E-state index is 0.0101. The molecule has 1 saturated carbocycles. The Morgan fingerprint density at radius 2 is 1.57 bits per heavy atom. The molecule has 5 N–H and O–H groups in total. The van der Waals surface area contributed by atoms with Gasteiger partial charge in [0.25, 0.3) is 5.91 Å². The number of rotatable bonds is 17. The molecule has 11 atom stereocenters. The molecule has 3 aromatic rings. The zero-order valence-electron chi connectivity index (χ0n) is 42.3. The molecule has 0 spiro atoms. The fourth-order valence-corrected chi connectivity index (χ4v) is 10.7. The van der Waals surface area contributed by atoms with Crippen molar-refractivity contribution in [1.29, 1.82) is 0 Å². The van der Waals surface area contributed by atoms with E-state index in [1.54, 1.807) is 45.9 Å². The monoisotopic (exact) mass is 999 g/mol. The zero-order valence-corrected chi connectivity index (χ0v) is 42.3. The van der Waals surface area contributed by atoms with Crippen molar-refractivity contribution in [2.75, 3.05) is 19.7 Å². The predicted octanol–water partition coefficient (Wildman–Crippen LogP) is 3.97. The van der Waals surface area contributed by atoms with Gasteiger partial charge in [-0.2, -0.15) is 0 Å². The number of hydrogen-bond acceptors (Lipinski definition) is 15. The number of esters is 2. The van der Waals surface area contributed by atoms with E-state index >= 15 is 0 Å². The SMILES string of the molecule is CC(C)(C)NC(=O)[C@@H]1CC2CCCCC2CN1C[C@@H](OC(=O)CC(=O)O[C@H]1[C@@H](C2COC(C)(C)O2)OC2OC(C)(C)O[C@H]21)[C@H](Cc1ccccc1)NC(=O)[C@H](CC(N)=O)NC(=O)c1ccc2ccccc2n1. The number of nitrogens with two attached hydrogens (primary N) is 1. The number of piperidine rings is 1. The number of amides is 4. The van der Waals surface area contributed by atoms with Crippen LogP contribution in [-0.2, 0) is 63.6 Å². The van der Waals surface area contributed by atoms with E-state index in [1.165, 1.54) is 6.07 Å². The van der Waals surface area contributed by atoms with Gasteiger partial charge >= 0.3 is 11.9 Å². The van der Waals surface area contributed by atoms with E-state index in [0.717, 1.165) is 36.6 Å². The number of aromatic nitrogens is 1. The molecular formula is C53H70N6O13. The summed E-state index contributed by atoms with van der Waals surface area (Å²) in [4.78, 5) is 90.1. The van der Waals surface area contributed by atoms with Gasteiger partial charge in [-0.1, -0.05) is 73.9 Å². The van der Waals surface area contributed by atoms with Crippen LogP contribution in [0.15, 0.2) is 66.7 Å². The quantitative estimate of drug-likeness (QED) is 0.110. The summed E-state index contributed by atoms with van der Waals surface area (Å²) in [5.41, 5.74) is 6.45. The van der Waals surface area contributed by atoms with Crippen molar-refractivity contribution >= 4 is 46.5 Å². The normalized spacial score (nSPS) is 27.9. The van der Waals surface area contributed by atoms with Crippen molar-refractivity contribution in [1.82, 2.24) is 25.8 Å². The molecule has 0 bridgehead atoms. The molecule has 0 radical (unpaired) electrons. The van der Waals surface area contributed by atoms with Crippen LogP contribution in [0, 0.1) is 11.8 Å². The number of fused-ring (bicyclic) bond motifs is 3. The second-order valence-corrected chi connectivity index (χ2v) is 21.7. The molecule has 8 rings (SSSR count). The van der Waals surface area contributed by atoms with Gasteiger partial charge in [-0.15, -0.1) is 0 Å². The highest BCUT2D eigenvalue weighted by Gasteiger charge is 2.60. The van der Waals surface area contributed by atoms with Gasteiger partial charge in [0.1, 0.15) is 36.5 Å². The second-order valence-electron chi connectivity index (χ2n) is 21.7. The molecule has 1 aliphatic carbocycles. The Labute approximate surface area is 420 Å². The highest BCUT2D eigenvalue weighted by atomic mass is 16.9. The summed E-state index contributed by atoms with van der Waals surface area (Å²) in [6, 6.07) is 16.5. The maximum atomic E-state index is 14.6. The number of ether oxygens (including phenoxy) is 7. The summed E-state index contributed by atoms with van der Waals surface area (Å²) in [7, 11) is 0. The van der Waals surface area contributed by atoms with E-state index < -0.39 is 115 Å². The topological polar surface area (TPSA) is 245 Å². The number of benzene rings is 2. The Morgan fingerprint density at radius 1 is 0.847 bits per heavy atom. The number of hydrogen-bond donors (Lipinski definition) is 4. The van der Waals surface area contributed by atoms with Gasteiger partial charge < -0.3 is 54.8 Å². The minimum Gasteiger partial charge on any atom is -0.458 e. The van der Waals surface area contributed by atoms with Crippen LogP contribution in [0.25, 0.3) is 10.9 Å². The van der Waals surface area contributed by atoms with Gasteiger partial charge in [0.2, 0.25) is 17.7 Å². The maximum Gasteiger partial charge on any atom is 0.317 e. The predicted molar refractivity (Wildman–Crippen MR) is 260 cm³/mol. The Bertz CT molecular complexity index is 2460. The van der Waals surface area contributed by atoms with Gasteiger partial charge in [-0.05, 0) is 97.3 Å². The molecule has 72 heavy (non-hydrogen) atoms. The summed E-state index contributed by atoms with van der Waals surface area (Å²) >= 11 is 0. The fraction of sp³-hybridized carbons (Fsp3) is 0.604. The summed E-state index contributed by atoms with van der Waals surface area (Å²) in [5.74, 6) is -5.86. The Kier molecular flexibility index (Phi) is 16.0. The van der Waals surface area contributed by atoms with Crippen LogP contribution in [0.1, 0.15) is 109 Å². The average Bonchev–Trinajstić information content (AvgIpc) is 3.94. The van der Waals surface area contributed by atoms with Crippen LogP contribution >= 0.6 is 0 Å². The summed E-state index contributed by atoms with van der Waals surface area (Å²) < 4.78 is 42.6. The van der Waals surface area contributed by atoms with Crippen molar-refractivity contribution in [2.24, 2.45) is 17.6 Å². The number of nitrogens with one attached hydrogen (secondary N) is 3. The molecule has 5 heterocycles. The molecule has 4 unspecified atom stereocenters. The molecule has 1 aromatic heterocycles. The average molecular weight is 999 g/mol. The number of nitrogens with zero attached hydrogens (tertiary/aromatic N) is 2. The first-order chi connectivity index (χ1) is 34.1. The first-order valence-corrected chi connectivity index (χ1v) is 25.2. The Morgan fingerprint density at radius 3 is 2.28 bits per heavy atom. The van der Waals surface area contributed by atoms with E-state index in [1.807, 2.05) is 68.1 Å². The minimum atomic E-state index is -1.48. The lowest BCUT2D eigenvalue weighted by atomic mass is 9.72. The van der Waals surface area contributed by atoms with Crippen LogP contribution in [-0.4, -0.2) is 137 Å². The van der Waals surface area contributed by atoms with Crippen molar-refractivity contribution in [2.45, 2.75) is 172 Å². The zero-order chi connectivity index (χ0) is 51.5. The summed E-state index contributed by atoms with van der Waals surface area (Å²) in [5, 5.41) is 9.61. The lowest BCUT2D eigenvalue weighted by Crippen LogP contribution is -2.61. The van der Waals surface area contributed by atoms with Gasteiger partial charge in [-0.3, -0.25) is 33.7 Å². The lowest BCUT2D eigenvalue weighted by Gasteiger charge is -2.47. The number of primary amides is 1. The molecule has 390 valence electrons. The van der Waals surface area contributed by atoms with Crippen molar-refractivity contribution < 1.29 is 61.9 Å². The molecular weight excluding hydrogens is 929 g/mol.